The van der Waals surface area contributed by atoms with Crippen LogP contribution in [0, 0.1) is 16.7 Å². The van der Waals surface area contributed by atoms with Gasteiger partial charge in [-0.3, -0.25) is 0 Å². The maximum Gasteiger partial charge on any atom is 0.150 e. The van der Waals surface area contributed by atoms with Crippen LogP contribution in [0.4, 0.5) is 0 Å². The van der Waals surface area contributed by atoms with Crippen molar-refractivity contribution in [2.24, 2.45) is 5.41 Å². The second kappa shape index (κ2) is 2.99. The third kappa shape index (κ3) is 1.25. The van der Waals surface area contributed by atoms with Crippen LogP contribution in [0.5, 0.6) is 0 Å². The number of rotatable bonds is 2. The van der Waals surface area contributed by atoms with Crippen molar-refractivity contribution in [3.63, 3.8) is 0 Å². The van der Waals surface area contributed by atoms with Crippen LogP contribution < -0.4 is 0 Å². The Bertz CT molecular complexity index is 190. The van der Waals surface area contributed by atoms with Crippen molar-refractivity contribution in [1.82, 2.24) is 0 Å². The summed E-state index contributed by atoms with van der Waals surface area (Å²) in [6, 6.07) is 1.92. The third-order valence-corrected chi connectivity index (χ3v) is 1.97. The molecule has 0 aromatic carbocycles. The summed E-state index contributed by atoms with van der Waals surface area (Å²) >= 11 is 0. The molecule has 0 aromatic rings. The Morgan fingerprint density at radius 2 is 2.55 bits per heavy atom. The lowest BCUT2D eigenvalue weighted by Crippen LogP contribution is -2.35. The number of hydrogen-bond acceptors (Lipinski definition) is 4. The van der Waals surface area contributed by atoms with Crippen LogP contribution >= 0.6 is 0 Å². The van der Waals surface area contributed by atoms with Crippen molar-refractivity contribution in [3.8, 4) is 6.07 Å². The minimum Gasteiger partial charge on any atom is -0.384 e. The first-order chi connectivity index (χ1) is 5.25. The van der Waals surface area contributed by atoms with Gasteiger partial charge in [-0.25, -0.2) is 0 Å². The normalized spacial score (nSPS) is 32.7. The molecule has 2 unspecified atom stereocenters. The Hall–Kier alpha value is -0.920. The fourth-order valence-corrected chi connectivity index (χ4v) is 1.10. The van der Waals surface area contributed by atoms with Crippen molar-refractivity contribution in [2.45, 2.75) is 12.5 Å². The van der Waals surface area contributed by atoms with Crippen LogP contribution in [0.25, 0.3) is 0 Å². The number of aliphatic hydroxyl groups is 1. The summed E-state index contributed by atoms with van der Waals surface area (Å²) in [6.45, 7) is 0.599. The molecule has 1 heterocycles. The molecule has 4 nitrogen and oxygen atoms in total. The first kappa shape index (κ1) is 8.18. The van der Waals surface area contributed by atoms with E-state index in [9.17, 15) is 4.79 Å². The molecule has 4 heteroatoms. The quantitative estimate of drug-likeness (QED) is 0.544. The highest BCUT2D eigenvalue weighted by atomic mass is 16.5. The van der Waals surface area contributed by atoms with Crippen LogP contribution in [-0.2, 0) is 9.53 Å². The summed E-state index contributed by atoms with van der Waals surface area (Å²) in [4.78, 5) is 10.2. The Balaban J connectivity index is 2.76. The SMILES string of the molecule is N#CC1(C(O)C=O)CCOC1. The number of hydrogen-bond donors (Lipinski definition) is 1. The molecule has 0 spiro atoms. The zero-order chi connectivity index (χ0) is 8.32. The van der Waals surface area contributed by atoms with Gasteiger partial charge in [0, 0.05) is 6.61 Å². The number of carbonyl (C=O) groups is 1. The van der Waals surface area contributed by atoms with Crippen LogP contribution in [-0.4, -0.2) is 30.7 Å². The van der Waals surface area contributed by atoms with Gasteiger partial charge in [-0.1, -0.05) is 0 Å². The molecular weight excluding hydrogens is 146 g/mol. The zero-order valence-corrected chi connectivity index (χ0v) is 5.99. The van der Waals surface area contributed by atoms with E-state index in [4.69, 9.17) is 15.1 Å². The molecule has 1 saturated heterocycles. The standard InChI is InChI=1S/C7H9NO3/c8-4-7(6(10)3-9)1-2-11-5-7/h3,6,10H,1-2,5H2. The van der Waals surface area contributed by atoms with Gasteiger partial charge in [-0.05, 0) is 6.42 Å². The van der Waals surface area contributed by atoms with E-state index >= 15 is 0 Å². The highest BCUT2D eigenvalue weighted by Crippen LogP contribution is 2.30. The topological polar surface area (TPSA) is 70.3 Å². The second-order valence-electron chi connectivity index (χ2n) is 2.65. The minimum atomic E-state index is -1.21. The van der Waals surface area contributed by atoms with E-state index in [2.05, 4.69) is 0 Å². The molecule has 11 heavy (non-hydrogen) atoms. The first-order valence-corrected chi connectivity index (χ1v) is 3.37. The molecule has 0 aliphatic carbocycles. The smallest absolute Gasteiger partial charge is 0.150 e. The second-order valence-corrected chi connectivity index (χ2v) is 2.65. The van der Waals surface area contributed by atoms with Crippen LogP contribution in [0.3, 0.4) is 0 Å². The van der Waals surface area contributed by atoms with E-state index < -0.39 is 11.5 Å². The van der Waals surface area contributed by atoms with E-state index in [1.54, 1.807) is 0 Å². The van der Waals surface area contributed by atoms with Gasteiger partial charge in [0.05, 0.1) is 12.7 Å². The summed E-state index contributed by atoms with van der Waals surface area (Å²) in [7, 11) is 0. The molecule has 1 rings (SSSR count). The van der Waals surface area contributed by atoms with E-state index in [0.717, 1.165) is 0 Å². The van der Waals surface area contributed by atoms with Gasteiger partial charge in [-0.2, -0.15) is 5.26 Å². The van der Waals surface area contributed by atoms with E-state index in [1.165, 1.54) is 0 Å². The van der Waals surface area contributed by atoms with E-state index in [1.807, 2.05) is 6.07 Å². The van der Waals surface area contributed by atoms with E-state index in [-0.39, 0.29) is 6.61 Å². The average molecular weight is 155 g/mol. The largest absolute Gasteiger partial charge is 0.384 e. The maximum absolute atomic E-state index is 10.2. The average Bonchev–Trinajstić information content (AvgIpc) is 2.52. The molecule has 0 bridgehead atoms. The lowest BCUT2D eigenvalue weighted by Gasteiger charge is -2.19. The summed E-state index contributed by atoms with van der Waals surface area (Å²) in [5.74, 6) is 0. The van der Waals surface area contributed by atoms with Gasteiger partial charge in [0.25, 0.3) is 0 Å². The Kier molecular flexibility index (Phi) is 2.22. The van der Waals surface area contributed by atoms with Gasteiger partial charge >= 0.3 is 0 Å². The van der Waals surface area contributed by atoms with Crippen LogP contribution in [0.15, 0.2) is 0 Å². The molecule has 2 atom stereocenters. The molecule has 0 aromatic heterocycles. The lowest BCUT2D eigenvalue weighted by molar-refractivity contribution is -0.119. The van der Waals surface area contributed by atoms with Crippen molar-refractivity contribution >= 4 is 6.29 Å². The van der Waals surface area contributed by atoms with Gasteiger partial charge < -0.3 is 14.6 Å². The minimum absolute atomic E-state index is 0.156. The highest BCUT2D eigenvalue weighted by molar-refractivity contribution is 5.58. The van der Waals surface area contributed by atoms with Gasteiger partial charge in [0.15, 0.2) is 0 Å². The molecule has 60 valence electrons. The Morgan fingerprint density at radius 3 is 2.91 bits per heavy atom. The number of ether oxygens (including phenoxy) is 1. The molecule has 1 fully saturated rings. The number of nitriles is 1. The van der Waals surface area contributed by atoms with Crippen molar-refractivity contribution < 1.29 is 14.6 Å². The van der Waals surface area contributed by atoms with Crippen molar-refractivity contribution in [1.29, 1.82) is 5.26 Å². The Labute approximate surface area is 64.4 Å². The third-order valence-electron chi connectivity index (χ3n) is 1.97. The molecule has 1 aliphatic heterocycles. The fourth-order valence-electron chi connectivity index (χ4n) is 1.10. The predicted octanol–water partition coefficient (Wildman–Crippen LogP) is -0.524. The lowest BCUT2D eigenvalue weighted by atomic mass is 9.84. The molecule has 1 N–H and O–H groups in total. The molecular formula is C7H9NO3. The fraction of sp³-hybridized carbons (Fsp3) is 0.714. The number of carbonyl (C=O) groups excluding carboxylic acids is 1. The summed E-state index contributed by atoms with van der Waals surface area (Å²) in [5.41, 5.74) is -0.984. The van der Waals surface area contributed by atoms with Crippen molar-refractivity contribution in [3.05, 3.63) is 0 Å². The monoisotopic (exact) mass is 155 g/mol. The summed E-state index contributed by atoms with van der Waals surface area (Å²) in [6.07, 6.45) is -0.392. The van der Waals surface area contributed by atoms with Crippen molar-refractivity contribution in [2.75, 3.05) is 13.2 Å². The molecule has 0 saturated carbocycles. The number of nitrogens with zero attached hydrogens (tertiary/aromatic N) is 1. The van der Waals surface area contributed by atoms with E-state index in [0.29, 0.717) is 19.3 Å². The predicted molar refractivity (Wildman–Crippen MR) is 35.6 cm³/mol. The molecule has 1 aliphatic rings. The summed E-state index contributed by atoms with van der Waals surface area (Å²) in [5, 5.41) is 17.8. The van der Waals surface area contributed by atoms with Gasteiger partial charge in [-0.15, -0.1) is 0 Å². The van der Waals surface area contributed by atoms with Gasteiger partial charge in [0.2, 0.25) is 0 Å². The maximum atomic E-state index is 10.2. The molecule has 0 amide bonds. The highest BCUT2D eigenvalue weighted by Gasteiger charge is 2.42. The number of aliphatic hydroxyl groups excluding tert-OH is 1. The molecule has 0 radical (unpaired) electrons. The summed E-state index contributed by atoms with van der Waals surface area (Å²) < 4.78 is 4.93. The zero-order valence-electron chi connectivity index (χ0n) is 5.99. The first-order valence-electron chi connectivity index (χ1n) is 3.37. The van der Waals surface area contributed by atoms with Crippen LogP contribution in [0.1, 0.15) is 6.42 Å². The van der Waals surface area contributed by atoms with Crippen LogP contribution in [0.2, 0.25) is 0 Å². The Morgan fingerprint density at radius 1 is 1.82 bits per heavy atom. The van der Waals surface area contributed by atoms with Gasteiger partial charge in [0.1, 0.15) is 17.8 Å². The number of aldehydes is 1.